The number of aryl methyl sites for hydroxylation is 1. The van der Waals surface area contributed by atoms with Gasteiger partial charge in [-0.1, -0.05) is 59.6 Å². The van der Waals surface area contributed by atoms with E-state index < -0.39 is 17.0 Å². The number of aromatic nitrogens is 2. The van der Waals surface area contributed by atoms with E-state index in [-0.39, 0.29) is 6.10 Å². The van der Waals surface area contributed by atoms with Crippen LogP contribution in [-0.4, -0.2) is 81.4 Å². The molecule has 3 aliphatic heterocycles. The number of hydrogen-bond donors (Lipinski definition) is 2. The second-order valence-corrected chi connectivity index (χ2v) is 16.6. The van der Waals surface area contributed by atoms with Gasteiger partial charge < -0.3 is 24.4 Å². The van der Waals surface area contributed by atoms with Gasteiger partial charge in [0.05, 0.1) is 36.0 Å². The van der Waals surface area contributed by atoms with Crippen molar-refractivity contribution in [2.75, 3.05) is 33.9 Å². The van der Waals surface area contributed by atoms with Gasteiger partial charge in [0, 0.05) is 61.0 Å². The number of aliphatic hydroxyl groups is 1. The summed E-state index contributed by atoms with van der Waals surface area (Å²) < 4.78 is 18.0. The Morgan fingerprint density at radius 2 is 1.61 bits per heavy atom. The summed E-state index contributed by atoms with van der Waals surface area (Å²) in [5, 5.41) is 21.2. The van der Waals surface area contributed by atoms with Crippen LogP contribution in [-0.2, 0) is 24.3 Å². The molecule has 0 spiro atoms. The topological polar surface area (TPSA) is 117 Å². The van der Waals surface area contributed by atoms with Crippen molar-refractivity contribution < 1.29 is 29.2 Å². The summed E-state index contributed by atoms with van der Waals surface area (Å²) in [5.74, 6) is 0.584. The molecule has 2 N–H and O–H groups in total. The Kier molecular flexibility index (Phi) is 9.80. The van der Waals surface area contributed by atoms with Gasteiger partial charge in [-0.25, -0.2) is 4.98 Å². The van der Waals surface area contributed by atoms with Crippen molar-refractivity contribution in [1.29, 1.82) is 0 Å². The van der Waals surface area contributed by atoms with Crippen LogP contribution in [0, 0.1) is 12.3 Å². The van der Waals surface area contributed by atoms with Crippen molar-refractivity contribution in [1.82, 2.24) is 19.8 Å². The maximum atomic E-state index is 12.2. The molecule has 3 saturated heterocycles. The Hall–Kier alpha value is -3.93. The predicted octanol–water partition coefficient (Wildman–Crippen LogP) is 7.91. The van der Waals surface area contributed by atoms with E-state index in [1.807, 2.05) is 37.3 Å². The third-order valence-electron chi connectivity index (χ3n) is 12.0. The number of ether oxygens (including phenoxy) is 3. The third kappa shape index (κ3) is 6.70. The van der Waals surface area contributed by atoms with E-state index in [4.69, 9.17) is 47.4 Å². The lowest BCUT2D eigenvalue weighted by atomic mass is 9.67. The number of pyridine rings is 2. The highest BCUT2D eigenvalue weighted by molar-refractivity contribution is 6.36. The minimum atomic E-state index is -0.708. The summed E-state index contributed by atoms with van der Waals surface area (Å²) in [7, 11) is 3.22. The standard InChI is InChI=1S/C42H46Cl2N4O6/c1-24-17-34(45-38(53-4)32(24)20-47-21-41(2,51)22-47)31-10-6-9-30(36(31)44)27-7-5-8-29-28(27)11-12-35(29)54-39-33(43)18-25(37(46-39)52-3)19-48-23-42(40(49)50)15-13-26(48)14-16-42/h5-10,17-18,26,35,51H,11-16,19-23H2,1-4H3,(H,49,50)/t26?,35-,42?/m0/s1. The highest BCUT2D eigenvalue weighted by Gasteiger charge is 2.49. The summed E-state index contributed by atoms with van der Waals surface area (Å²) in [4.78, 5) is 26.2. The third-order valence-corrected chi connectivity index (χ3v) is 12.7. The Morgan fingerprint density at radius 1 is 0.907 bits per heavy atom. The first-order valence-electron chi connectivity index (χ1n) is 18.7. The lowest BCUT2D eigenvalue weighted by Crippen LogP contribution is -2.59. The second kappa shape index (κ2) is 14.3. The zero-order valence-electron chi connectivity index (χ0n) is 31.1. The number of methoxy groups -OCH3 is 2. The smallest absolute Gasteiger partial charge is 0.310 e. The van der Waals surface area contributed by atoms with Gasteiger partial charge in [0.2, 0.25) is 17.6 Å². The zero-order valence-corrected chi connectivity index (χ0v) is 32.6. The zero-order chi connectivity index (χ0) is 37.9. The summed E-state index contributed by atoms with van der Waals surface area (Å²) in [6.07, 6.45) is 4.45. The van der Waals surface area contributed by atoms with Crippen molar-refractivity contribution in [3.05, 3.63) is 86.4 Å². The number of nitrogens with zero attached hydrogens (tertiary/aromatic N) is 4. The molecule has 0 amide bonds. The van der Waals surface area contributed by atoms with Crippen molar-refractivity contribution in [3.63, 3.8) is 0 Å². The molecule has 10 nitrogen and oxygen atoms in total. The van der Waals surface area contributed by atoms with Gasteiger partial charge in [-0.2, -0.15) is 4.98 Å². The maximum Gasteiger partial charge on any atom is 0.310 e. The molecule has 54 heavy (non-hydrogen) atoms. The maximum absolute atomic E-state index is 12.2. The Bertz CT molecular complexity index is 2110. The minimum absolute atomic E-state index is 0.271. The minimum Gasteiger partial charge on any atom is -0.481 e. The number of rotatable bonds is 11. The van der Waals surface area contributed by atoms with Crippen molar-refractivity contribution >= 4 is 29.2 Å². The molecule has 2 aromatic carbocycles. The predicted molar refractivity (Wildman–Crippen MR) is 208 cm³/mol. The van der Waals surface area contributed by atoms with Crippen molar-refractivity contribution in [3.8, 4) is 40.0 Å². The molecule has 9 rings (SSSR count). The quantitative estimate of drug-likeness (QED) is 0.156. The van der Waals surface area contributed by atoms with Gasteiger partial charge >= 0.3 is 5.97 Å². The first-order chi connectivity index (χ1) is 25.9. The van der Waals surface area contributed by atoms with E-state index in [0.717, 1.165) is 88.7 Å². The number of likely N-dealkylation sites (tertiary alicyclic amines) is 1. The molecule has 284 valence electrons. The fourth-order valence-corrected chi connectivity index (χ4v) is 9.78. The van der Waals surface area contributed by atoms with Crippen LogP contribution in [0.1, 0.15) is 72.9 Å². The fourth-order valence-electron chi connectivity index (χ4n) is 9.23. The number of piperidine rings is 2. The summed E-state index contributed by atoms with van der Waals surface area (Å²) in [6, 6.07) is 16.5. The highest BCUT2D eigenvalue weighted by Crippen LogP contribution is 2.47. The number of fused-ring (bicyclic) bond motifs is 4. The number of benzene rings is 2. The monoisotopic (exact) mass is 772 g/mol. The normalized spacial score (nSPS) is 23.2. The number of carbonyl (C=O) groups is 1. The van der Waals surface area contributed by atoms with E-state index in [0.29, 0.717) is 66.5 Å². The van der Waals surface area contributed by atoms with Gasteiger partial charge in [0.25, 0.3) is 0 Å². The molecule has 0 unspecified atom stereocenters. The molecule has 4 aromatic rings. The Labute approximate surface area is 326 Å². The second-order valence-electron chi connectivity index (χ2n) is 15.8. The molecule has 5 heterocycles. The molecular weight excluding hydrogens is 727 g/mol. The van der Waals surface area contributed by atoms with E-state index in [2.05, 4.69) is 34.9 Å². The average molecular weight is 774 g/mol. The molecule has 2 bridgehead atoms. The number of hydrogen-bond acceptors (Lipinski definition) is 9. The van der Waals surface area contributed by atoms with Gasteiger partial charge in [0.1, 0.15) is 11.1 Å². The van der Waals surface area contributed by atoms with Gasteiger partial charge in [-0.15, -0.1) is 0 Å². The summed E-state index contributed by atoms with van der Waals surface area (Å²) >= 11 is 14.1. The van der Waals surface area contributed by atoms with Gasteiger partial charge in [-0.3, -0.25) is 14.6 Å². The van der Waals surface area contributed by atoms with E-state index in [1.165, 1.54) is 0 Å². The highest BCUT2D eigenvalue weighted by atomic mass is 35.5. The average Bonchev–Trinajstić information content (AvgIpc) is 3.56. The van der Waals surface area contributed by atoms with E-state index in [9.17, 15) is 15.0 Å². The Morgan fingerprint density at radius 3 is 2.31 bits per heavy atom. The van der Waals surface area contributed by atoms with Crippen LogP contribution in [0.15, 0.2) is 48.5 Å². The number of β-amino-alcohol motifs (C(OH)–C–C–N with tert-alkyl or cyclic N) is 1. The molecule has 1 atom stereocenters. The van der Waals surface area contributed by atoms with Crippen LogP contribution in [0.25, 0.3) is 22.4 Å². The number of halogens is 2. The van der Waals surface area contributed by atoms with E-state index in [1.54, 1.807) is 14.2 Å². The van der Waals surface area contributed by atoms with Crippen LogP contribution in [0.2, 0.25) is 10.0 Å². The SMILES string of the molecule is COc1nc(O[C@H]2CCc3c(-c4cccc(-c5cc(C)c(CN6CC(C)(O)C6)c(OC)n5)c4Cl)cccc32)c(Cl)cc1CN1CC2(C(=O)O)CCC1CC2. The molecular formula is C42H46Cl2N4O6. The molecule has 5 aliphatic rings. The lowest BCUT2D eigenvalue weighted by molar-refractivity contribution is -0.159. The lowest BCUT2D eigenvalue weighted by Gasteiger charge is -2.50. The van der Waals surface area contributed by atoms with Gasteiger partial charge in [-0.05, 0) is 86.8 Å². The van der Waals surface area contributed by atoms with Gasteiger partial charge in [0.15, 0.2) is 0 Å². The molecule has 2 aliphatic carbocycles. The first-order valence-corrected chi connectivity index (χ1v) is 19.4. The summed E-state index contributed by atoms with van der Waals surface area (Å²) in [6.45, 7) is 6.81. The van der Waals surface area contributed by atoms with Crippen LogP contribution in [0.3, 0.4) is 0 Å². The van der Waals surface area contributed by atoms with E-state index >= 15 is 0 Å². The van der Waals surface area contributed by atoms with Crippen molar-refractivity contribution in [2.45, 2.75) is 83.2 Å². The molecule has 12 heteroatoms. The first kappa shape index (κ1) is 37.0. The molecule has 4 fully saturated rings. The molecule has 1 saturated carbocycles. The van der Waals surface area contributed by atoms with Crippen LogP contribution in [0.5, 0.6) is 17.6 Å². The number of carboxylic acid groups (broad SMARTS) is 1. The number of aliphatic carboxylic acids is 1. The largest absolute Gasteiger partial charge is 0.481 e. The fraction of sp³-hybridized carbons (Fsp3) is 0.452. The number of carboxylic acids is 1. The van der Waals surface area contributed by atoms with Crippen LogP contribution in [0.4, 0.5) is 0 Å². The van der Waals surface area contributed by atoms with Crippen LogP contribution < -0.4 is 14.2 Å². The molecule has 2 aromatic heterocycles. The molecule has 0 radical (unpaired) electrons. The Balaban J connectivity index is 1.03. The van der Waals surface area contributed by atoms with Crippen LogP contribution >= 0.6 is 23.2 Å². The summed E-state index contributed by atoms with van der Waals surface area (Å²) in [5.41, 5.74) is 7.25. The van der Waals surface area contributed by atoms with Crippen molar-refractivity contribution in [2.24, 2.45) is 5.41 Å².